The van der Waals surface area contributed by atoms with Crippen molar-refractivity contribution in [1.29, 1.82) is 0 Å². The molecule has 0 aliphatic carbocycles. The van der Waals surface area contributed by atoms with Gasteiger partial charge in [-0.05, 0) is 0 Å². The van der Waals surface area contributed by atoms with Gasteiger partial charge in [-0.15, -0.1) is 0 Å². The molecular formula is CCl2Fe. The zero-order valence-corrected chi connectivity index (χ0v) is 4.23. The second-order valence-electron chi connectivity index (χ2n) is 0. The minimum Gasteiger partial charge on any atom is -1.00 e. The molecule has 0 fully saturated rings. The van der Waals surface area contributed by atoms with Gasteiger partial charge in [-0.1, -0.05) is 0 Å². The average molecular weight is 139 g/mol. The van der Waals surface area contributed by atoms with E-state index in [9.17, 15) is 0 Å². The molecule has 0 saturated carbocycles. The predicted molar refractivity (Wildman–Crippen MR) is 3.24 cm³/mol. The Morgan fingerprint density at radius 2 is 0.750 bits per heavy atom. The molecule has 0 bridgehead atoms. The second kappa shape index (κ2) is 32.6. The van der Waals surface area contributed by atoms with E-state index < -0.39 is 0 Å². The number of hydrogen-bond acceptors (Lipinski definition) is 0. The molecule has 0 amide bonds. The van der Waals surface area contributed by atoms with E-state index in [1.54, 1.807) is 0 Å². The Kier molecular flexibility index (Phi) is 577. The summed E-state index contributed by atoms with van der Waals surface area (Å²) in [4.78, 5) is 0. The van der Waals surface area contributed by atoms with Crippen LogP contribution in [0.1, 0.15) is 0 Å². The van der Waals surface area contributed by atoms with Crippen molar-refractivity contribution in [1.82, 2.24) is 0 Å². The summed E-state index contributed by atoms with van der Waals surface area (Å²) in [7, 11) is 0. The molecule has 0 nitrogen and oxygen atoms in total. The number of hydrogen-bond donors (Lipinski definition) is 0. The molecule has 0 spiro atoms. The van der Waals surface area contributed by atoms with Gasteiger partial charge in [-0.3, -0.25) is 0 Å². The van der Waals surface area contributed by atoms with Crippen molar-refractivity contribution in [3.05, 3.63) is 7.43 Å². The van der Waals surface area contributed by atoms with Crippen molar-refractivity contribution in [3.63, 3.8) is 0 Å². The first-order valence-electron chi connectivity index (χ1n) is 0. The molecule has 26 valence electrons. The van der Waals surface area contributed by atoms with Crippen LogP contribution in [-0.4, -0.2) is 0 Å². The van der Waals surface area contributed by atoms with E-state index in [-0.39, 0.29) is 49.3 Å². The van der Waals surface area contributed by atoms with Gasteiger partial charge in [0.05, 0.1) is 0 Å². The minimum absolute atomic E-state index is 0. The van der Waals surface area contributed by atoms with Gasteiger partial charge >= 0.3 is 17.1 Å². The molecule has 0 aromatic rings. The summed E-state index contributed by atoms with van der Waals surface area (Å²) < 4.78 is 0. The largest absolute Gasteiger partial charge is 2.00 e. The topological polar surface area (TPSA) is 0 Å². The summed E-state index contributed by atoms with van der Waals surface area (Å²) in [5.74, 6) is 0. The van der Waals surface area contributed by atoms with Gasteiger partial charge in [0.1, 0.15) is 0 Å². The third kappa shape index (κ3) is 11.3. The van der Waals surface area contributed by atoms with Crippen LogP contribution in [0.2, 0.25) is 0 Å². The van der Waals surface area contributed by atoms with Crippen LogP contribution in [0, 0.1) is 7.43 Å². The molecule has 0 unspecified atom stereocenters. The Bertz CT molecular complexity index is 6.00. The molecule has 0 aromatic heterocycles. The van der Waals surface area contributed by atoms with Crippen molar-refractivity contribution < 1.29 is 41.9 Å². The summed E-state index contributed by atoms with van der Waals surface area (Å²) >= 11 is 0. The maximum absolute atomic E-state index is 0. The minimum atomic E-state index is 0. The van der Waals surface area contributed by atoms with Gasteiger partial charge in [0.2, 0.25) is 0 Å². The van der Waals surface area contributed by atoms with Crippen molar-refractivity contribution in [2.45, 2.75) is 0 Å². The normalized spacial score (nSPS) is 0. The maximum Gasteiger partial charge on any atom is 2.00 e. The first-order valence-corrected chi connectivity index (χ1v) is 0. The summed E-state index contributed by atoms with van der Waals surface area (Å²) in [5.41, 5.74) is 0. The van der Waals surface area contributed by atoms with Gasteiger partial charge < -0.3 is 24.8 Å². The molecule has 0 aliphatic heterocycles. The third-order valence-corrected chi connectivity index (χ3v) is 0. The van der Waals surface area contributed by atoms with Crippen LogP contribution in [0.5, 0.6) is 0 Å². The summed E-state index contributed by atoms with van der Waals surface area (Å²) in [6.07, 6.45) is 0. The van der Waals surface area contributed by atoms with Gasteiger partial charge in [0, 0.05) is 7.43 Å². The van der Waals surface area contributed by atoms with Crippen LogP contribution in [-0.2, 0) is 17.1 Å². The quantitative estimate of drug-likeness (QED) is 0.293. The van der Waals surface area contributed by atoms with Gasteiger partial charge in [-0.25, -0.2) is 0 Å². The SMILES string of the molecule is [C].[Cl-].[Cl-].[Fe+2]. The molecule has 0 aromatic carbocycles. The van der Waals surface area contributed by atoms with Crippen molar-refractivity contribution in [3.8, 4) is 0 Å². The van der Waals surface area contributed by atoms with Gasteiger partial charge in [-0.2, -0.15) is 0 Å². The maximum atomic E-state index is 0. The molecule has 0 aliphatic rings. The van der Waals surface area contributed by atoms with Crippen LogP contribution >= 0.6 is 0 Å². The molecule has 0 heterocycles. The molecule has 0 atom stereocenters. The molecule has 0 rings (SSSR count). The summed E-state index contributed by atoms with van der Waals surface area (Å²) in [6, 6.07) is 0. The van der Waals surface area contributed by atoms with Gasteiger partial charge in [0.15, 0.2) is 0 Å². The molecule has 4 radical (unpaired) electrons. The summed E-state index contributed by atoms with van der Waals surface area (Å²) in [6.45, 7) is 0. The molecule has 0 saturated heterocycles. The standard InChI is InChI=1S/C.2ClH.Fe/h;2*1H;/q;;;+2/p-2. The Morgan fingerprint density at radius 1 is 0.750 bits per heavy atom. The van der Waals surface area contributed by atoms with Crippen molar-refractivity contribution >= 4 is 0 Å². The van der Waals surface area contributed by atoms with E-state index in [0.29, 0.717) is 0 Å². The van der Waals surface area contributed by atoms with Crippen LogP contribution in [0.3, 0.4) is 0 Å². The van der Waals surface area contributed by atoms with Crippen LogP contribution in [0.15, 0.2) is 0 Å². The zero-order valence-electron chi connectivity index (χ0n) is 1.61. The van der Waals surface area contributed by atoms with Crippen LogP contribution < -0.4 is 24.8 Å². The predicted octanol–water partition coefficient (Wildman–Crippen LogP) is -5.91. The Morgan fingerprint density at radius 3 is 0.750 bits per heavy atom. The third-order valence-electron chi connectivity index (χ3n) is 0. The smallest absolute Gasteiger partial charge is 1.00 e. The van der Waals surface area contributed by atoms with E-state index in [1.807, 2.05) is 0 Å². The molecule has 3 heteroatoms. The molecular weight excluding hydrogens is 139 g/mol. The Hall–Kier alpha value is 1.10. The Balaban J connectivity index is 0. The fourth-order valence-corrected chi connectivity index (χ4v) is 0. The van der Waals surface area contributed by atoms with E-state index in [4.69, 9.17) is 0 Å². The Labute approximate surface area is 49.6 Å². The first kappa shape index (κ1) is 70.9. The van der Waals surface area contributed by atoms with E-state index in [1.165, 1.54) is 0 Å². The van der Waals surface area contributed by atoms with Crippen LogP contribution in [0.25, 0.3) is 0 Å². The average Bonchev–Trinajstić information content (AvgIpc) is 0. The monoisotopic (exact) mass is 138 g/mol. The zero-order chi connectivity index (χ0) is 0. The summed E-state index contributed by atoms with van der Waals surface area (Å²) in [5, 5.41) is 0. The molecule has 0 N–H and O–H groups in total. The van der Waals surface area contributed by atoms with Crippen LogP contribution in [0.4, 0.5) is 0 Å². The molecule has 4 heavy (non-hydrogen) atoms. The fraction of sp³-hybridized carbons (Fsp3) is 0. The fourth-order valence-electron chi connectivity index (χ4n) is 0. The first-order chi connectivity index (χ1) is 0. The number of halogens is 2. The van der Waals surface area contributed by atoms with E-state index in [2.05, 4.69) is 0 Å². The van der Waals surface area contributed by atoms with Crippen molar-refractivity contribution in [2.75, 3.05) is 0 Å². The second-order valence-corrected chi connectivity index (χ2v) is 0. The van der Waals surface area contributed by atoms with E-state index in [0.717, 1.165) is 0 Å². The number of rotatable bonds is 0. The van der Waals surface area contributed by atoms with E-state index >= 15 is 0 Å². The van der Waals surface area contributed by atoms with Crippen molar-refractivity contribution in [2.24, 2.45) is 0 Å². The van der Waals surface area contributed by atoms with Gasteiger partial charge in [0.25, 0.3) is 0 Å².